The Balaban J connectivity index is 1.64. The summed E-state index contributed by atoms with van der Waals surface area (Å²) >= 11 is 0. The van der Waals surface area contributed by atoms with Gasteiger partial charge in [0.1, 0.15) is 12.1 Å². The molecule has 3 amide bonds. The van der Waals surface area contributed by atoms with Crippen LogP contribution in [0.25, 0.3) is 0 Å². The maximum absolute atomic E-state index is 13.8. The van der Waals surface area contributed by atoms with Crippen molar-refractivity contribution in [2.24, 2.45) is 17.8 Å². The summed E-state index contributed by atoms with van der Waals surface area (Å²) in [5.41, 5.74) is 0. The number of rotatable bonds is 9. The van der Waals surface area contributed by atoms with Crippen LogP contribution in [0.5, 0.6) is 0 Å². The molecule has 0 aliphatic carbocycles. The fraction of sp³-hybridized carbons (Fsp3) is 0.889. The number of piperidine rings is 1. The second-order valence-corrected chi connectivity index (χ2v) is 11.6. The van der Waals surface area contributed by atoms with Crippen molar-refractivity contribution in [3.05, 3.63) is 0 Å². The maximum Gasteiger partial charge on any atom is 0.410 e. The molecule has 0 unspecified atom stereocenters. The van der Waals surface area contributed by atoms with Crippen LogP contribution in [0.2, 0.25) is 0 Å². The van der Waals surface area contributed by atoms with Gasteiger partial charge in [0, 0.05) is 26.2 Å². The first kappa shape index (κ1) is 27.8. The van der Waals surface area contributed by atoms with Gasteiger partial charge in [-0.2, -0.15) is 0 Å². The van der Waals surface area contributed by atoms with E-state index >= 15 is 0 Å². The highest BCUT2D eigenvalue weighted by atomic mass is 16.5. The van der Waals surface area contributed by atoms with Crippen LogP contribution in [0.1, 0.15) is 72.6 Å². The number of carbonyl (C=O) groups is 3. The van der Waals surface area contributed by atoms with Gasteiger partial charge >= 0.3 is 6.09 Å². The van der Waals surface area contributed by atoms with Crippen molar-refractivity contribution in [1.29, 1.82) is 0 Å². The molecule has 200 valence electrons. The van der Waals surface area contributed by atoms with Gasteiger partial charge in [-0.1, -0.05) is 27.7 Å². The Morgan fingerprint density at radius 3 is 2.17 bits per heavy atom. The Kier molecular flexibility index (Phi) is 10.3. The minimum absolute atomic E-state index is 0.0832. The highest BCUT2D eigenvalue weighted by molar-refractivity contribution is 5.92. The zero-order valence-corrected chi connectivity index (χ0v) is 22.7. The van der Waals surface area contributed by atoms with Gasteiger partial charge in [-0.25, -0.2) is 4.79 Å². The molecule has 0 saturated carbocycles. The van der Waals surface area contributed by atoms with Crippen molar-refractivity contribution in [2.45, 2.75) is 84.7 Å². The highest BCUT2D eigenvalue weighted by Gasteiger charge is 2.43. The Labute approximate surface area is 212 Å². The van der Waals surface area contributed by atoms with Gasteiger partial charge in [0.25, 0.3) is 0 Å². The first-order valence-corrected chi connectivity index (χ1v) is 13.9. The summed E-state index contributed by atoms with van der Waals surface area (Å²) in [5.74, 6) is 1.19. The van der Waals surface area contributed by atoms with Gasteiger partial charge in [0.2, 0.25) is 11.8 Å². The maximum atomic E-state index is 13.8. The molecule has 3 saturated heterocycles. The fourth-order valence-electron chi connectivity index (χ4n) is 5.96. The van der Waals surface area contributed by atoms with E-state index in [4.69, 9.17) is 4.74 Å². The molecule has 0 aromatic rings. The molecule has 0 radical (unpaired) electrons. The van der Waals surface area contributed by atoms with E-state index in [2.05, 4.69) is 18.7 Å². The normalized spacial score (nSPS) is 23.5. The zero-order valence-electron chi connectivity index (χ0n) is 22.7. The van der Waals surface area contributed by atoms with Gasteiger partial charge in [0.15, 0.2) is 0 Å². The van der Waals surface area contributed by atoms with Crippen LogP contribution < -0.4 is 0 Å². The third kappa shape index (κ3) is 7.34. The fourth-order valence-corrected chi connectivity index (χ4v) is 5.96. The van der Waals surface area contributed by atoms with Crippen molar-refractivity contribution in [3.8, 4) is 0 Å². The molecule has 8 nitrogen and oxygen atoms in total. The molecule has 2 atom stereocenters. The summed E-state index contributed by atoms with van der Waals surface area (Å²) < 4.78 is 4.95. The lowest BCUT2D eigenvalue weighted by Crippen LogP contribution is -2.64. The molecule has 0 aromatic heterocycles. The SMILES string of the molecule is COC(=O)N1CCN([C@@H](CC(C)C)C(=O)N2CCC(CCN3CCCC3)CC2)C(=O)[C@@H]1CC(C)C. The van der Waals surface area contributed by atoms with Crippen LogP contribution in [0.3, 0.4) is 0 Å². The van der Waals surface area contributed by atoms with Gasteiger partial charge in [-0.3, -0.25) is 14.5 Å². The van der Waals surface area contributed by atoms with Crippen molar-refractivity contribution in [3.63, 3.8) is 0 Å². The first-order chi connectivity index (χ1) is 16.7. The topological polar surface area (TPSA) is 73.4 Å². The standard InChI is InChI=1S/C27H48N4O4/c1-20(2)18-23(30-16-17-31(27(34)35-5)24(26(30)33)19-21(3)4)25(32)29-14-9-22(10-15-29)8-13-28-11-6-7-12-28/h20-24H,6-19H2,1-5H3/t23-,24-/m0/s1. The number of nitrogens with zero attached hydrogens (tertiary/aromatic N) is 4. The van der Waals surface area contributed by atoms with Gasteiger partial charge in [-0.05, 0) is 82.3 Å². The highest BCUT2D eigenvalue weighted by Crippen LogP contribution is 2.27. The summed E-state index contributed by atoms with van der Waals surface area (Å²) in [5, 5.41) is 0. The molecule has 0 spiro atoms. The van der Waals surface area contributed by atoms with Crippen molar-refractivity contribution < 1.29 is 19.1 Å². The monoisotopic (exact) mass is 492 g/mol. The molecule has 8 heteroatoms. The average molecular weight is 493 g/mol. The zero-order chi connectivity index (χ0) is 25.5. The van der Waals surface area contributed by atoms with E-state index < -0.39 is 18.2 Å². The van der Waals surface area contributed by atoms with Crippen molar-refractivity contribution >= 4 is 17.9 Å². The molecular formula is C27H48N4O4. The summed E-state index contributed by atoms with van der Waals surface area (Å²) in [4.78, 5) is 47.7. The predicted octanol–water partition coefficient (Wildman–Crippen LogP) is 3.45. The molecule has 0 N–H and O–H groups in total. The van der Waals surface area contributed by atoms with Crippen LogP contribution in [0.15, 0.2) is 0 Å². The Morgan fingerprint density at radius 2 is 1.60 bits per heavy atom. The first-order valence-electron chi connectivity index (χ1n) is 13.9. The molecule has 3 rings (SSSR count). The third-order valence-electron chi connectivity index (χ3n) is 7.96. The molecule has 3 fully saturated rings. The van der Waals surface area contributed by atoms with E-state index in [9.17, 15) is 14.4 Å². The quantitative estimate of drug-likeness (QED) is 0.493. The summed E-state index contributed by atoms with van der Waals surface area (Å²) in [6.45, 7) is 14.3. The number of piperazine rings is 1. The Hall–Kier alpha value is -1.83. The predicted molar refractivity (Wildman–Crippen MR) is 137 cm³/mol. The second kappa shape index (κ2) is 12.9. The van der Waals surface area contributed by atoms with Crippen LogP contribution in [-0.2, 0) is 14.3 Å². The number of hydrogen-bond acceptors (Lipinski definition) is 5. The van der Waals surface area contributed by atoms with E-state index in [1.165, 1.54) is 46.0 Å². The largest absolute Gasteiger partial charge is 0.453 e. The summed E-state index contributed by atoms with van der Waals surface area (Å²) in [6.07, 6.45) is 6.72. The molecule has 35 heavy (non-hydrogen) atoms. The number of amides is 3. The number of methoxy groups -OCH3 is 1. The van der Waals surface area contributed by atoms with Crippen LogP contribution in [-0.4, -0.2) is 103 Å². The Bertz CT molecular complexity index is 714. The smallest absolute Gasteiger partial charge is 0.410 e. The third-order valence-corrected chi connectivity index (χ3v) is 7.96. The van der Waals surface area contributed by atoms with Crippen LogP contribution >= 0.6 is 0 Å². The molecule has 0 bridgehead atoms. The molecule has 3 aliphatic rings. The summed E-state index contributed by atoms with van der Waals surface area (Å²) in [6, 6.07) is -1.03. The summed E-state index contributed by atoms with van der Waals surface area (Å²) in [7, 11) is 1.35. The van der Waals surface area contributed by atoms with Gasteiger partial charge in [-0.15, -0.1) is 0 Å². The lowest BCUT2D eigenvalue weighted by Gasteiger charge is -2.45. The minimum Gasteiger partial charge on any atom is -0.453 e. The van der Waals surface area contributed by atoms with Crippen LogP contribution in [0, 0.1) is 17.8 Å². The molecule has 0 aromatic carbocycles. The minimum atomic E-state index is -0.574. The van der Waals surface area contributed by atoms with Crippen molar-refractivity contribution in [2.75, 3.05) is 52.9 Å². The van der Waals surface area contributed by atoms with E-state index in [1.807, 2.05) is 18.7 Å². The van der Waals surface area contributed by atoms with Gasteiger partial charge < -0.3 is 19.4 Å². The second-order valence-electron chi connectivity index (χ2n) is 11.6. The number of likely N-dealkylation sites (tertiary alicyclic amines) is 2. The molecule has 3 aliphatic heterocycles. The molecular weight excluding hydrogens is 444 g/mol. The lowest BCUT2D eigenvalue weighted by molar-refractivity contribution is -0.154. The Morgan fingerprint density at radius 1 is 0.943 bits per heavy atom. The van der Waals surface area contributed by atoms with Crippen LogP contribution in [0.4, 0.5) is 4.79 Å². The lowest BCUT2D eigenvalue weighted by atomic mass is 9.91. The number of hydrogen-bond donors (Lipinski definition) is 0. The van der Waals surface area contributed by atoms with E-state index in [-0.39, 0.29) is 23.7 Å². The number of carbonyl (C=O) groups excluding carboxylic acids is 3. The van der Waals surface area contributed by atoms with Crippen molar-refractivity contribution in [1.82, 2.24) is 19.6 Å². The van der Waals surface area contributed by atoms with Gasteiger partial charge in [0.05, 0.1) is 7.11 Å². The molecule has 3 heterocycles. The van der Waals surface area contributed by atoms with E-state index in [1.54, 1.807) is 9.80 Å². The van der Waals surface area contributed by atoms with E-state index in [0.717, 1.165) is 25.9 Å². The van der Waals surface area contributed by atoms with E-state index in [0.29, 0.717) is 31.8 Å². The average Bonchev–Trinajstić information content (AvgIpc) is 3.35. The number of ether oxygens (including phenoxy) is 1.